The number of nitrogens with zero attached hydrogens (tertiary/aromatic N) is 2. The van der Waals surface area contributed by atoms with E-state index in [1.165, 1.54) is 16.7 Å². The molecule has 1 heterocycles. The highest BCUT2D eigenvalue weighted by Crippen LogP contribution is 2.29. The fourth-order valence-electron chi connectivity index (χ4n) is 2.25. The Balaban J connectivity index is 2.33. The number of hydrogen-bond acceptors (Lipinski definition) is 3. The molecule has 0 saturated carbocycles. The van der Waals surface area contributed by atoms with E-state index in [9.17, 15) is 5.26 Å². The van der Waals surface area contributed by atoms with E-state index in [-0.39, 0.29) is 0 Å². The van der Waals surface area contributed by atoms with Crippen molar-refractivity contribution in [2.45, 2.75) is 45.4 Å². The molecule has 2 aromatic rings. The van der Waals surface area contributed by atoms with Gasteiger partial charge in [0.25, 0.3) is 0 Å². The van der Waals surface area contributed by atoms with Gasteiger partial charge in [-0.1, -0.05) is 23.8 Å². The Kier molecular flexibility index (Phi) is 4.69. The molecule has 108 valence electrons. The van der Waals surface area contributed by atoms with E-state index in [0.29, 0.717) is 5.56 Å². The van der Waals surface area contributed by atoms with E-state index >= 15 is 0 Å². The molecular formula is C18H20N2S. The number of thioether (sulfide) groups is 1. The predicted molar refractivity (Wildman–Crippen MR) is 88.6 cm³/mol. The summed E-state index contributed by atoms with van der Waals surface area (Å²) in [6.45, 7) is 10.3. The molecule has 0 aliphatic heterocycles. The van der Waals surface area contributed by atoms with Crippen LogP contribution in [-0.2, 0) is 5.75 Å². The minimum absolute atomic E-state index is 0.716. The number of nitriles is 1. The van der Waals surface area contributed by atoms with Gasteiger partial charge in [-0.25, -0.2) is 4.98 Å². The van der Waals surface area contributed by atoms with E-state index in [1.807, 2.05) is 20.8 Å². The fraction of sp³-hybridized carbons (Fsp3) is 0.333. The van der Waals surface area contributed by atoms with Crippen LogP contribution in [0, 0.1) is 45.9 Å². The molecule has 1 aromatic heterocycles. The van der Waals surface area contributed by atoms with Gasteiger partial charge >= 0.3 is 0 Å². The topological polar surface area (TPSA) is 36.7 Å². The van der Waals surface area contributed by atoms with Crippen LogP contribution >= 0.6 is 11.8 Å². The summed E-state index contributed by atoms with van der Waals surface area (Å²) in [7, 11) is 0. The van der Waals surface area contributed by atoms with Crippen LogP contribution in [-0.4, -0.2) is 4.98 Å². The first-order chi connectivity index (χ1) is 9.93. The normalized spacial score (nSPS) is 10.5. The summed E-state index contributed by atoms with van der Waals surface area (Å²) in [4.78, 5) is 4.61. The average Bonchev–Trinajstić information content (AvgIpc) is 2.46. The molecule has 0 radical (unpaired) electrons. The molecule has 0 atom stereocenters. The van der Waals surface area contributed by atoms with Crippen LogP contribution in [0.15, 0.2) is 23.2 Å². The van der Waals surface area contributed by atoms with Crippen molar-refractivity contribution in [3.63, 3.8) is 0 Å². The monoisotopic (exact) mass is 296 g/mol. The molecule has 2 rings (SSSR count). The highest BCUT2D eigenvalue weighted by molar-refractivity contribution is 7.98. The Morgan fingerprint density at radius 3 is 2.48 bits per heavy atom. The zero-order valence-corrected chi connectivity index (χ0v) is 14.1. The van der Waals surface area contributed by atoms with Gasteiger partial charge < -0.3 is 0 Å². The van der Waals surface area contributed by atoms with E-state index in [0.717, 1.165) is 27.6 Å². The highest BCUT2D eigenvalue weighted by Gasteiger charge is 2.13. The van der Waals surface area contributed by atoms with E-state index in [4.69, 9.17) is 0 Å². The lowest BCUT2D eigenvalue weighted by Gasteiger charge is -2.12. The molecule has 2 nitrogen and oxygen atoms in total. The Bertz CT molecular complexity index is 727. The summed E-state index contributed by atoms with van der Waals surface area (Å²) in [5.41, 5.74) is 7.74. The quantitative estimate of drug-likeness (QED) is 0.764. The van der Waals surface area contributed by atoms with Crippen LogP contribution in [0.5, 0.6) is 0 Å². The molecule has 0 N–H and O–H groups in total. The highest BCUT2D eigenvalue weighted by atomic mass is 32.2. The third-order valence-corrected chi connectivity index (χ3v) is 4.97. The minimum atomic E-state index is 0.716. The lowest BCUT2D eigenvalue weighted by Crippen LogP contribution is -1.99. The molecular weight excluding hydrogens is 276 g/mol. The second kappa shape index (κ2) is 6.32. The van der Waals surface area contributed by atoms with Gasteiger partial charge in [-0.3, -0.25) is 0 Å². The van der Waals surface area contributed by atoms with Crippen molar-refractivity contribution in [2.24, 2.45) is 0 Å². The van der Waals surface area contributed by atoms with Crippen molar-refractivity contribution in [2.75, 3.05) is 0 Å². The van der Waals surface area contributed by atoms with Gasteiger partial charge in [-0.2, -0.15) is 5.26 Å². The van der Waals surface area contributed by atoms with Gasteiger partial charge in [0.1, 0.15) is 11.1 Å². The maximum absolute atomic E-state index is 9.41. The summed E-state index contributed by atoms with van der Waals surface area (Å²) >= 11 is 1.65. The van der Waals surface area contributed by atoms with Crippen LogP contribution in [0.25, 0.3) is 0 Å². The van der Waals surface area contributed by atoms with E-state index < -0.39 is 0 Å². The number of aromatic nitrogens is 1. The Morgan fingerprint density at radius 1 is 1.10 bits per heavy atom. The lowest BCUT2D eigenvalue weighted by atomic mass is 10.1. The third-order valence-electron chi connectivity index (χ3n) is 3.94. The van der Waals surface area contributed by atoms with Crippen LogP contribution in [0.4, 0.5) is 0 Å². The van der Waals surface area contributed by atoms with Gasteiger partial charge in [0.2, 0.25) is 0 Å². The summed E-state index contributed by atoms with van der Waals surface area (Å²) in [5, 5.41) is 10.3. The van der Waals surface area contributed by atoms with Gasteiger partial charge in [0, 0.05) is 11.4 Å². The lowest BCUT2D eigenvalue weighted by molar-refractivity contribution is 0.998. The molecule has 0 unspecified atom stereocenters. The number of benzene rings is 1. The van der Waals surface area contributed by atoms with Gasteiger partial charge in [0.15, 0.2) is 0 Å². The van der Waals surface area contributed by atoms with E-state index in [1.54, 1.807) is 11.8 Å². The van der Waals surface area contributed by atoms with Crippen molar-refractivity contribution >= 4 is 11.8 Å². The maximum Gasteiger partial charge on any atom is 0.115 e. The van der Waals surface area contributed by atoms with Crippen molar-refractivity contribution < 1.29 is 0 Å². The van der Waals surface area contributed by atoms with Crippen molar-refractivity contribution in [3.05, 3.63) is 57.3 Å². The van der Waals surface area contributed by atoms with Gasteiger partial charge in [0.05, 0.1) is 5.56 Å². The third kappa shape index (κ3) is 3.28. The molecule has 0 aliphatic rings. The zero-order chi connectivity index (χ0) is 15.6. The molecule has 3 heteroatoms. The standard InChI is InChI=1S/C18H20N2S/c1-11-6-7-12(2)16(8-11)10-21-18-17(9-19)14(4)13(3)15(5)20-18/h6-8H,10H2,1-5H3. The summed E-state index contributed by atoms with van der Waals surface area (Å²) in [6.07, 6.45) is 0. The summed E-state index contributed by atoms with van der Waals surface area (Å²) in [6, 6.07) is 8.80. The number of hydrogen-bond donors (Lipinski definition) is 0. The second-order valence-corrected chi connectivity index (χ2v) is 6.42. The Labute approximate surface area is 131 Å². The van der Waals surface area contributed by atoms with Crippen LogP contribution in [0.1, 0.15) is 39.1 Å². The number of aryl methyl sites for hydroxylation is 3. The first-order valence-corrected chi connectivity index (χ1v) is 7.99. The molecule has 0 bridgehead atoms. The summed E-state index contributed by atoms with van der Waals surface area (Å²) < 4.78 is 0. The number of rotatable bonds is 3. The van der Waals surface area contributed by atoms with Crippen molar-refractivity contribution in [3.8, 4) is 6.07 Å². The van der Waals surface area contributed by atoms with Crippen LogP contribution < -0.4 is 0 Å². The molecule has 0 saturated heterocycles. The minimum Gasteiger partial charge on any atom is -0.245 e. The van der Waals surface area contributed by atoms with Gasteiger partial charge in [-0.15, -0.1) is 11.8 Å². The molecule has 0 aliphatic carbocycles. The van der Waals surface area contributed by atoms with Crippen LogP contribution in [0.3, 0.4) is 0 Å². The molecule has 0 spiro atoms. The number of pyridine rings is 1. The maximum atomic E-state index is 9.41. The van der Waals surface area contributed by atoms with E-state index in [2.05, 4.69) is 43.1 Å². The van der Waals surface area contributed by atoms with Crippen LogP contribution in [0.2, 0.25) is 0 Å². The fourth-order valence-corrected chi connectivity index (χ4v) is 3.40. The average molecular weight is 296 g/mol. The van der Waals surface area contributed by atoms with Crippen molar-refractivity contribution in [1.29, 1.82) is 5.26 Å². The Hall–Kier alpha value is -1.79. The smallest absolute Gasteiger partial charge is 0.115 e. The van der Waals surface area contributed by atoms with Gasteiger partial charge in [-0.05, 0) is 56.9 Å². The molecule has 0 amide bonds. The largest absolute Gasteiger partial charge is 0.245 e. The second-order valence-electron chi connectivity index (χ2n) is 5.46. The predicted octanol–water partition coefficient (Wildman–Crippen LogP) is 4.79. The molecule has 0 fully saturated rings. The van der Waals surface area contributed by atoms with Crippen molar-refractivity contribution in [1.82, 2.24) is 4.98 Å². The first-order valence-electron chi connectivity index (χ1n) is 7.01. The summed E-state index contributed by atoms with van der Waals surface area (Å²) in [5.74, 6) is 0.844. The molecule has 21 heavy (non-hydrogen) atoms. The zero-order valence-electron chi connectivity index (χ0n) is 13.2. The molecule has 1 aromatic carbocycles. The Morgan fingerprint density at radius 2 is 1.81 bits per heavy atom. The first kappa shape index (κ1) is 15.6. The SMILES string of the molecule is Cc1ccc(C)c(CSc2nc(C)c(C)c(C)c2C#N)c1.